The molecule has 0 saturated heterocycles. The SMILES string of the molecule is COc1cc(F)c(NC(=O)CN(C)C)cc1C(C)(C)C. The smallest absolute Gasteiger partial charge is 0.238 e. The van der Waals surface area contributed by atoms with Crippen LogP contribution < -0.4 is 10.1 Å². The lowest BCUT2D eigenvalue weighted by molar-refractivity contribution is -0.116. The van der Waals surface area contributed by atoms with E-state index in [4.69, 9.17) is 4.74 Å². The van der Waals surface area contributed by atoms with Crippen LogP contribution >= 0.6 is 0 Å². The van der Waals surface area contributed by atoms with Crippen molar-refractivity contribution in [3.63, 3.8) is 0 Å². The van der Waals surface area contributed by atoms with Gasteiger partial charge in [0.05, 0.1) is 19.3 Å². The third-order valence-corrected chi connectivity index (χ3v) is 2.83. The lowest BCUT2D eigenvalue weighted by Gasteiger charge is -2.23. The van der Waals surface area contributed by atoms with Crippen LogP contribution in [0, 0.1) is 5.82 Å². The molecule has 1 N–H and O–H groups in total. The number of halogens is 1. The molecule has 0 spiro atoms. The van der Waals surface area contributed by atoms with Crippen molar-refractivity contribution in [2.75, 3.05) is 33.1 Å². The number of amides is 1. The zero-order chi connectivity index (χ0) is 15.5. The van der Waals surface area contributed by atoms with Gasteiger partial charge in [-0.15, -0.1) is 0 Å². The van der Waals surface area contributed by atoms with Gasteiger partial charge in [0, 0.05) is 11.6 Å². The number of likely N-dealkylation sites (N-methyl/N-ethyl adjacent to an activating group) is 1. The van der Waals surface area contributed by atoms with E-state index in [2.05, 4.69) is 5.32 Å². The van der Waals surface area contributed by atoms with Crippen molar-refractivity contribution in [1.82, 2.24) is 4.90 Å². The Morgan fingerprint density at radius 1 is 1.35 bits per heavy atom. The first-order valence-corrected chi connectivity index (χ1v) is 6.47. The minimum absolute atomic E-state index is 0.183. The molecule has 0 aromatic heterocycles. The highest BCUT2D eigenvalue weighted by molar-refractivity contribution is 5.92. The number of nitrogens with zero attached hydrogens (tertiary/aromatic N) is 1. The number of anilines is 1. The van der Waals surface area contributed by atoms with Crippen LogP contribution in [-0.4, -0.2) is 38.6 Å². The molecule has 0 heterocycles. The molecular weight excluding hydrogens is 259 g/mol. The van der Waals surface area contributed by atoms with Crippen LogP contribution in [-0.2, 0) is 10.2 Å². The van der Waals surface area contributed by atoms with E-state index in [1.807, 2.05) is 20.8 Å². The molecule has 0 aliphatic carbocycles. The molecule has 0 aliphatic rings. The first kappa shape index (κ1) is 16.4. The van der Waals surface area contributed by atoms with Gasteiger partial charge in [0.15, 0.2) is 0 Å². The Hall–Kier alpha value is -1.62. The van der Waals surface area contributed by atoms with E-state index in [9.17, 15) is 9.18 Å². The van der Waals surface area contributed by atoms with Crippen molar-refractivity contribution < 1.29 is 13.9 Å². The minimum atomic E-state index is -0.498. The van der Waals surface area contributed by atoms with E-state index in [0.29, 0.717) is 5.75 Å². The number of nitrogens with one attached hydrogen (secondary N) is 1. The number of hydrogen-bond acceptors (Lipinski definition) is 3. The van der Waals surface area contributed by atoms with Gasteiger partial charge in [0.25, 0.3) is 0 Å². The molecule has 20 heavy (non-hydrogen) atoms. The standard InChI is InChI=1S/C15H23FN2O2/c1-15(2,3)10-7-12(11(16)8-13(10)20-6)17-14(19)9-18(4)5/h7-8H,9H2,1-6H3,(H,17,19). The van der Waals surface area contributed by atoms with Crippen LogP contribution in [0.4, 0.5) is 10.1 Å². The maximum Gasteiger partial charge on any atom is 0.238 e. The summed E-state index contributed by atoms with van der Waals surface area (Å²) in [6.45, 7) is 6.23. The molecule has 0 unspecified atom stereocenters. The van der Waals surface area contributed by atoms with Gasteiger partial charge in [-0.3, -0.25) is 4.79 Å². The second-order valence-corrected chi connectivity index (χ2v) is 6.07. The Balaban J connectivity index is 3.12. The molecule has 112 valence electrons. The normalized spacial score (nSPS) is 11.6. The molecule has 0 aliphatic heterocycles. The van der Waals surface area contributed by atoms with E-state index >= 15 is 0 Å². The average molecular weight is 282 g/mol. The number of carbonyl (C=O) groups excluding carboxylic acids is 1. The minimum Gasteiger partial charge on any atom is -0.496 e. The molecular formula is C15H23FN2O2. The van der Waals surface area contributed by atoms with E-state index < -0.39 is 5.82 Å². The molecule has 0 atom stereocenters. The van der Waals surface area contributed by atoms with E-state index in [0.717, 1.165) is 5.56 Å². The van der Waals surface area contributed by atoms with E-state index in [-0.39, 0.29) is 23.6 Å². The second kappa shape index (κ2) is 6.22. The topological polar surface area (TPSA) is 41.6 Å². The monoisotopic (exact) mass is 282 g/mol. The van der Waals surface area contributed by atoms with Gasteiger partial charge in [-0.05, 0) is 25.6 Å². The first-order valence-electron chi connectivity index (χ1n) is 6.47. The fourth-order valence-electron chi connectivity index (χ4n) is 1.88. The maximum absolute atomic E-state index is 14.0. The maximum atomic E-state index is 14.0. The number of rotatable bonds is 4. The van der Waals surface area contributed by atoms with Gasteiger partial charge in [0.2, 0.25) is 5.91 Å². The third kappa shape index (κ3) is 4.20. The molecule has 0 saturated carbocycles. The lowest BCUT2D eigenvalue weighted by Crippen LogP contribution is -2.27. The van der Waals surface area contributed by atoms with Crippen molar-refractivity contribution >= 4 is 11.6 Å². The molecule has 0 fully saturated rings. The third-order valence-electron chi connectivity index (χ3n) is 2.83. The Labute approximate surface area is 119 Å². The molecule has 1 aromatic carbocycles. The number of carbonyl (C=O) groups is 1. The first-order chi connectivity index (χ1) is 9.15. The summed E-state index contributed by atoms with van der Waals surface area (Å²) in [6.07, 6.45) is 0. The van der Waals surface area contributed by atoms with E-state index in [1.54, 1.807) is 25.1 Å². The number of ether oxygens (including phenoxy) is 1. The Bertz CT molecular complexity index is 493. The fraction of sp³-hybridized carbons (Fsp3) is 0.533. The highest BCUT2D eigenvalue weighted by Crippen LogP contribution is 2.35. The number of methoxy groups -OCH3 is 1. The molecule has 0 radical (unpaired) electrons. The van der Waals surface area contributed by atoms with Crippen LogP contribution in [0.5, 0.6) is 5.75 Å². The Morgan fingerprint density at radius 2 is 1.95 bits per heavy atom. The predicted octanol–water partition coefficient (Wildman–Crippen LogP) is 2.63. The van der Waals surface area contributed by atoms with Crippen LogP contribution in [0.1, 0.15) is 26.3 Å². The molecule has 5 heteroatoms. The Kier molecular flexibility index (Phi) is 5.11. The molecule has 1 amide bonds. The molecule has 1 rings (SSSR count). The highest BCUT2D eigenvalue weighted by Gasteiger charge is 2.22. The second-order valence-electron chi connectivity index (χ2n) is 6.07. The summed E-state index contributed by atoms with van der Waals surface area (Å²) in [6, 6.07) is 2.95. The van der Waals surface area contributed by atoms with Gasteiger partial charge < -0.3 is 15.0 Å². The summed E-state index contributed by atoms with van der Waals surface area (Å²) in [5, 5.41) is 2.59. The summed E-state index contributed by atoms with van der Waals surface area (Å²) in [5.41, 5.74) is 0.823. The number of benzene rings is 1. The molecule has 1 aromatic rings. The van der Waals surface area contributed by atoms with E-state index in [1.165, 1.54) is 13.2 Å². The average Bonchev–Trinajstić information content (AvgIpc) is 2.28. The van der Waals surface area contributed by atoms with Crippen molar-refractivity contribution in [2.24, 2.45) is 0 Å². The van der Waals surface area contributed by atoms with Crippen LogP contribution in [0.2, 0.25) is 0 Å². The van der Waals surface area contributed by atoms with Gasteiger partial charge in [-0.1, -0.05) is 20.8 Å². The van der Waals surface area contributed by atoms with Gasteiger partial charge in [0.1, 0.15) is 11.6 Å². The molecule has 4 nitrogen and oxygen atoms in total. The van der Waals surface area contributed by atoms with Gasteiger partial charge in [-0.2, -0.15) is 0 Å². The number of hydrogen-bond donors (Lipinski definition) is 1. The Morgan fingerprint density at radius 3 is 2.40 bits per heavy atom. The van der Waals surface area contributed by atoms with Crippen molar-refractivity contribution in [2.45, 2.75) is 26.2 Å². The van der Waals surface area contributed by atoms with Crippen LogP contribution in [0.25, 0.3) is 0 Å². The zero-order valence-corrected chi connectivity index (χ0v) is 13.0. The summed E-state index contributed by atoms with van der Waals surface area (Å²) < 4.78 is 19.2. The van der Waals surface area contributed by atoms with Gasteiger partial charge in [-0.25, -0.2) is 4.39 Å². The van der Waals surface area contributed by atoms with Crippen LogP contribution in [0.3, 0.4) is 0 Å². The van der Waals surface area contributed by atoms with Gasteiger partial charge >= 0.3 is 0 Å². The highest BCUT2D eigenvalue weighted by atomic mass is 19.1. The summed E-state index contributed by atoms with van der Waals surface area (Å²) in [7, 11) is 5.07. The summed E-state index contributed by atoms with van der Waals surface area (Å²) in [4.78, 5) is 13.5. The zero-order valence-electron chi connectivity index (χ0n) is 13.0. The predicted molar refractivity (Wildman–Crippen MR) is 78.8 cm³/mol. The lowest BCUT2D eigenvalue weighted by atomic mass is 9.86. The summed E-state index contributed by atoms with van der Waals surface area (Å²) in [5.74, 6) is -0.263. The quantitative estimate of drug-likeness (QED) is 0.923. The van der Waals surface area contributed by atoms with Crippen molar-refractivity contribution in [1.29, 1.82) is 0 Å². The summed E-state index contributed by atoms with van der Waals surface area (Å²) >= 11 is 0. The largest absolute Gasteiger partial charge is 0.496 e. The van der Waals surface area contributed by atoms with Crippen LogP contribution in [0.15, 0.2) is 12.1 Å². The van der Waals surface area contributed by atoms with Crippen molar-refractivity contribution in [3.05, 3.63) is 23.5 Å². The van der Waals surface area contributed by atoms with Crippen molar-refractivity contribution in [3.8, 4) is 5.75 Å². The fourth-order valence-corrected chi connectivity index (χ4v) is 1.88. The molecule has 0 bridgehead atoms.